The van der Waals surface area contributed by atoms with Crippen LogP contribution in [0.5, 0.6) is 5.75 Å². The zero-order valence-corrected chi connectivity index (χ0v) is 16.4. The highest BCUT2D eigenvalue weighted by Gasteiger charge is 2.16. The molecule has 3 aromatic rings. The fraction of sp³-hybridized carbons (Fsp3) is 0.211. The first-order valence-corrected chi connectivity index (χ1v) is 9.48. The van der Waals surface area contributed by atoms with Gasteiger partial charge in [0.15, 0.2) is 0 Å². The van der Waals surface area contributed by atoms with E-state index in [4.69, 9.17) is 20.9 Å². The minimum absolute atomic E-state index is 0.115. The number of nitrogens with one attached hydrogen (secondary N) is 1. The molecule has 140 valence electrons. The van der Waals surface area contributed by atoms with Gasteiger partial charge in [-0.3, -0.25) is 4.79 Å². The summed E-state index contributed by atoms with van der Waals surface area (Å²) in [6, 6.07) is 14.7. The monoisotopic (exact) mass is 403 g/mol. The Morgan fingerprint density at radius 2 is 2.07 bits per heavy atom. The van der Waals surface area contributed by atoms with Crippen LogP contribution in [-0.4, -0.2) is 28.4 Å². The van der Waals surface area contributed by atoms with Crippen LogP contribution < -0.4 is 10.1 Å². The highest BCUT2D eigenvalue weighted by Crippen LogP contribution is 2.25. The van der Waals surface area contributed by atoms with Crippen molar-refractivity contribution in [3.63, 3.8) is 0 Å². The number of carbonyl (C=O) groups excluding carboxylic acids is 1. The van der Waals surface area contributed by atoms with Gasteiger partial charge >= 0.3 is 0 Å². The SMILES string of the molecule is COc1cccc(-c2noc(CNC(=O)[C@H](C)Sc3ccc(Cl)cc3)n2)c1. The van der Waals surface area contributed by atoms with Crippen molar-refractivity contribution in [2.24, 2.45) is 0 Å². The summed E-state index contributed by atoms with van der Waals surface area (Å²) in [6.07, 6.45) is 0. The maximum atomic E-state index is 12.3. The summed E-state index contributed by atoms with van der Waals surface area (Å²) in [5.74, 6) is 1.38. The molecule has 0 aliphatic heterocycles. The van der Waals surface area contributed by atoms with E-state index in [1.807, 2.05) is 43.3 Å². The van der Waals surface area contributed by atoms with E-state index in [9.17, 15) is 4.79 Å². The van der Waals surface area contributed by atoms with E-state index in [0.29, 0.717) is 22.5 Å². The van der Waals surface area contributed by atoms with Crippen molar-refractivity contribution in [2.75, 3.05) is 7.11 Å². The first kappa shape index (κ1) is 19.3. The molecule has 27 heavy (non-hydrogen) atoms. The highest BCUT2D eigenvalue weighted by atomic mass is 35.5. The number of amides is 1. The Morgan fingerprint density at radius 3 is 2.81 bits per heavy atom. The Balaban J connectivity index is 1.55. The van der Waals surface area contributed by atoms with E-state index < -0.39 is 0 Å². The molecule has 0 unspecified atom stereocenters. The van der Waals surface area contributed by atoms with E-state index in [1.54, 1.807) is 19.2 Å². The molecular formula is C19H18ClN3O3S. The lowest BCUT2D eigenvalue weighted by Crippen LogP contribution is -2.30. The molecule has 0 aliphatic carbocycles. The van der Waals surface area contributed by atoms with Gasteiger partial charge in [-0.25, -0.2) is 0 Å². The third kappa shape index (κ3) is 5.24. The molecule has 1 N–H and O–H groups in total. The molecule has 1 aromatic heterocycles. The number of carbonyl (C=O) groups is 1. The second kappa shape index (κ2) is 8.92. The summed E-state index contributed by atoms with van der Waals surface area (Å²) >= 11 is 7.32. The summed E-state index contributed by atoms with van der Waals surface area (Å²) in [7, 11) is 1.60. The molecule has 2 aromatic carbocycles. The van der Waals surface area contributed by atoms with E-state index in [1.165, 1.54) is 11.8 Å². The number of ether oxygens (including phenoxy) is 1. The molecule has 0 saturated carbocycles. The molecule has 0 fully saturated rings. The summed E-state index contributed by atoms with van der Waals surface area (Å²) in [5.41, 5.74) is 0.780. The first-order chi connectivity index (χ1) is 13.0. The van der Waals surface area contributed by atoms with Crippen molar-refractivity contribution >= 4 is 29.3 Å². The van der Waals surface area contributed by atoms with Crippen molar-refractivity contribution in [3.8, 4) is 17.1 Å². The van der Waals surface area contributed by atoms with Crippen molar-refractivity contribution < 1.29 is 14.1 Å². The molecule has 1 atom stereocenters. The number of rotatable bonds is 7. The average Bonchev–Trinajstić information content (AvgIpc) is 3.17. The van der Waals surface area contributed by atoms with Gasteiger partial charge in [-0.1, -0.05) is 28.9 Å². The van der Waals surface area contributed by atoms with Gasteiger partial charge < -0.3 is 14.6 Å². The van der Waals surface area contributed by atoms with Crippen molar-refractivity contribution in [3.05, 3.63) is 59.4 Å². The predicted octanol–water partition coefficient (Wildman–Crippen LogP) is 4.20. The zero-order chi connectivity index (χ0) is 19.2. The minimum Gasteiger partial charge on any atom is -0.497 e. The molecule has 0 aliphatic rings. The van der Waals surface area contributed by atoms with Crippen LogP contribution in [0.15, 0.2) is 57.9 Å². The second-order valence-corrected chi connectivity index (χ2v) is 7.53. The fourth-order valence-corrected chi connectivity index (χ4v) is 3.30. The minimum atomic E-state index is -0.271. The molecule has 6 nitrogen and oxygen atoms in total. The zero-order valence-electron chi connectivity index (χ0n) is 14.8. The second-order valence-electron chi connectivity index (χ2n) is 5.68. The number of benzene rings is 2. The van der Waals surface area contributed by atoms with E-state index in [0.717, 1.165) is 10.5 Å². The summed E-state index contributed by atoms with van der Waals surface area (Å²) in [4.78, 5) is 17.6. The van der Waals surface area contributed by atoms with Crippen LogP contribution >= 0.6 is 23.4 Å². The quantitative estimate of drug-likeness (QED) is 0.596. The van der Waals surface area contributed by atoms with E-state index in [-0.39, 0.29) is 17.7 Å². The molecule has 1 amide bonds. The largest absolute Gasteiger partial charge is 0.497 e. The smallest absolute Gasteiger partial charge is 0.246 e. The topological polar surface area (TPSA) is 77.3 Å². The predicted molar refractivity (Wildman–Crippen MR) is 105 cm³/mol. The maximum Gasteiger partial charge on any atom is 0.246 e. The number of hydrogen-bond donors (Lipinski definition) is 1. The van der Waals surface area contributed by atoms with Crippen molar-refractivity contribution in [1.29, 1.82) is 0 Å². The number of methoxy groups -OCH3 is 1. The standard InChI is InChI=1S/C19H18ClN3O3S/c1-12(27-16-8-6-14(20)7-9-16)19(24)21-11-17-22-18(23-26-17)13-4-3-5-15(10-13)25-2/h3-10,12H,11H2,1-2H3,(H,21,24)/t12-/m0/s1. The molecule has 0 bridgehead atoms. The molecule has 1 heterocycles. The number of hydrogen-bond acceptors (Lipinski definition) is 6. The fourth-order valence-electron chi connectivity index (χ4n) is 2.28. The van der Waals surface area contributed by atoms with Crippen LogP contribution in [-0.2, 0) is 11.3 Å². The van der Waals surface area contributed by atoms with Gasteiger partial charge in [-0.2, -0.15) is 4.98 Å². The van der Waals surface area contributed by atoms with Gasteiger partial charge in [-0.15, -0.1) is 11.8 Å². The Kier molecular flexibility index (Phi) is 6.36. The van der Waals surface area contributed by atoms with Crippen LogP contribution in [0.2, 0.25) is 5.02 Å². The van der Waals surface area contributed by atoms with Crippen molar-refractivity contribution in [2.45, 2.75) is 23.6 Å². The van der Waals surface area contributed by atoms with E-state index in [2.05, 4.69) is 15.5 Å². The third-order valence-electron chi connectivity index (χ3n) is 3.71. The Morgan fingerprint density at radius 1 is 1.30 bits per heavy atom. The van der Waals surface area contributed by atoms with Gasteiger partial charge in [0.2, 0.25) is 17.6 Å². The number of halogens is 1. The maximum absolute atomic E-state index is 12.3. The van der Waals surface area contributed by atoms with E-state index >= 15 is 0 Å². The van der Waals surface area contributed by atoms with Crippen LogP contribution in [0.1, 0.15) is 12.8 Å². The molecule has 0 radical (unpaired) electrons. The first-order valence-electron chi connectivity index (χ1n) is 8.22. The normalized spacial score (nSPS) is 11.8. The molecular weight excluding hydrogens is 386 g/mol. The van der Waals surface area contributed by atoms with Crippen LogP contribution in [0, 0.1) is 0 Å². The molecule has 3 rings (SSSR count). The molecule has 8 heteroatoms. The average molecular weight is 404 g/mol. The lowest BCUT2D eigenvalue weighted by molar-refractivity contribution is -0.120. The van der Waals surface area contributed by atoms with Crippen molar-refractivity contribution in [1.82, 2.24) is 15.5 Å². The summed E-state index contributed by atoms with van der Waals surface area (Å²) in [6.45, 7) is 2.01. The number of nitrogens with zero attached hydrogens (tertiary/aromatic N) is 2. The van der Waals surface area contributed by atoms with Gasteiger partial charge in [-0.05, 0) is 43.3 Å². The Labute approximate surface area is 166 Å². The highest BCUT2D eigenvalue weighted by molar-refractivity contribution is 8.00. The lowest BCUT2D eigenvalue weighted by atomic mass is 10.2. The Hall–Kier alpha value is -2.51. The Bertz CT molecular complexity index is 915. The van der Waals surface area contributed by atoms with Gasteiger partial charge in [0, 0.05) is 15.5 Å². The van der Waals surface area contributed by atoms with Crippen LogP contribution in [0.4, 0.5) is 0 Å². The molecule has 0 saturated heterocycles. The van der Waals surface area contributed by atoms with Crippen LogP contribution in [0.25, 0.3) is 11.4 Å². The van der Waals surface area contributed by atoms with Crippen LogP contribution in [0.3, 0.4) is 0 Å². The molecule has 0 spiro atoms. The number of aromatic nitrogens is 2. The van der Waals surface area contributed by atoms with Gasteiger partial charge in [0.25, 0.3) is 0 Å². The van der Waals surface area contributed by atoms with Gasteiger partial charge in [0.1, 0.15) is 5.75 Å². The summed E-state index contributed by atoms with van der Waals surface area (Å²) in [5, 5.41) is 7.16. The summed E-state index contributed by atoms with van der Waals surface area (Å²) < 4.78 is 10.4. The third-order valence-corrected chi connectivity index (χ3v) is 5.07. The lowest BCUT2D eigenvalue weighted by Gasteiger charge is -2.10. The number of thioether (sulfide) groups is 1. The van der Waals surface area contributed by atoms with Gasteiger partial charge in [0.05, 0.1) is 18.9 Å².